The number of nitrogens with zero attached hydrogens (tertiary/aromatic N) is 2. The second-order valence-electron chi connectivity index (χ2n) is 7.67. The minimum atomic E-state index is -0.612. The van der Waals surface area contributed by atoms with Crippen molar-refractivity contribution in [3.8, 4) is 5.75 Å². The maximum atomic E-state index is 12.6. The highest BCUT2D eigenvalue weighted by atomic mass is 16.5. The summed E-state index contributed by atoms with van der Waals surface area (Å²) in [4.78, 5) is 28.7. The first-order valence-electron chi connectivity index (χ1n) is 9.40. The number of likely N-dealkylation sites (tertiary alicyclic amines) is 2. The third kappa shape index (κ3) is 4.42. The number of methoxy groups -OCH3 is 2. The van der Waals surface area contributed by atoms with Gasteiger partial charge in [-0.1, -0.05) is 12.1 Å². The summed E-state index contributed by atoms with van der Waals surface area (Å²) in [6.45, 7) is 2.87. The first-order valence-corrected chi connectivity index (χ1v) is 9.40. The molecule has 2 amide bonds. The van der Waals surface area contributed by atoms with Crippen molar-refractivity contribution in [2.24, 2.45) is 11.1 Å². The highest BCUT2D eigenvalue weighted by molar-refractivity contribution is 5.82. The Balaban J connectivity index is 1.58. The molecule has 2 fully saturated rings. The molecule has 1 spiro atoms. The lowest BCUT2D eigenvalue weighted by Gasteiger charge is -2.39. The van der Waals surface area contributed by atoms with Crippen LogP contribution in [0.5, 0.6) is 5.75 Å². The highest BCUT2D eigenvalue weighted by Crippen LogP contribution is 2.41. The van der Waals surface area contributed by atoms with E-state index in [-0.39, 0.29) is 23.8 Å². The van der Waals surface area contributed by atoms with Crippen LogP contribution in [0.1, 0.15) is 24.8 Å². The fourth-order valence-corrected chi connectivity index (χ4v) is 4.14. The van der Waals surface area contributed by atoms with Gasteiger partial charge in [-0.15, -0.1) is 0 Å². The van der Waals surface area contributed by atoms with Gasteiger partial charge in [-0.25, -0.2) is 0 Å². The maximum absolute atomic E-state index is 12.6. The fraction of sp³-hybridized carbons (Fsp3) is 0.600. The van der Waals surface area contributed by atoms with Crippen molar-refractivity contribution in [2.45, 2.75) is 31.8 Å². The average molecular weight is 375 g/mol. The van der Waals surface area contributed by atoms with Gasteiger partial charge in [0, 0.05) is 45.1 Å². The molecule has 2 aliphatic rings. The molecule has 1 aromatic rings. The van der Waals surface area contributed by atoms with Crippen molar-refractivity contribution in [2.75, 3.05) is 40.5 Å². The van der Waals surface area contributed by atoms with Crippen LogP contribution in [0.3, 0.4) is 0 Å². The van der Waals surface area contributed by atoms with Gasteiger partial charge in [0.2, 0.25) is 11.8 Å². The number of carbonyl (C=O) groups is 2. The lowest BCUT2D eigenvalue weighted by atomic mass is 9.77. The summed E-state index contributed by atoms with van der Waals surface area (Å²) in [5, 5.41) is 0. The lowest BCUT2D eigenvalue weighted by Crippen LogP contribution is -2.51. The molecule has 0 unspecified atom stereocenters. The van der Waals surface area contributed by atoms with Crippen molar-refractivity contribution in [3.63, 3.8) is 0 Å². The number of hydrogen-bond acceptors (Lipinski definition) is 5. The molecule has 2 N–H and O–H groups in total. The molecule has 0 aliphatic carbocycles. The van der Waals surface area contributed by atoms with E-state index < -0.39 is 6.04 Å². The molecule has 1 aromatic carbocycles. The van der Waals surface area contributed by atoms with Gasteiger partial charge in [0.15, 0.2) is 0 Å². The second-order valence-corrected chi connectivity index (χ2v) is 7.67. The number of carbonyl (C=O) groups excluding carboxylic acids is 2. The standard InChI is InChI=1S/C20H29N3O4/c1-26-13-17(21)19(25)22-8-6-20(7-9-22)11-18(24)23(14-20)12-15-4-3-5-16(10-15)27-2/h3-5,10,17H,6-9,11-14,21H2,1-2H3/t17-/m1/s1. The fourth-order valence-electron chi connectivity index (χ4n) is 4.14. The van der Waals surface area contributed by atoms with Crippen LogP contribution in [-0.2, 0) is 20.9 Å². The van der Waals surface area contributed by atoms with Crippen molar-refractivity contribution < 1.29 is 19.1 Å². The molecule has 1 atom stereocenters. The molecule has 27 heavy (non-hydrogen) atoms. The molecule has 3 rings (SSSR count). The van der Waals surface area contributed by atoms with E-state index in [0.717, 1.165) is 30.7 Å². The molecule has 2 saturated heterocycles. The number of amides is 2. The van der Waals surface area contributed by atoms with Crippen LogP contribution in [0.15, 0.2) is 24.3 Å². The van der Waals surface area contributed by atoms with E-state index in [0.29, 0.717) is 26.1 Å². The number of hydrogen-bond donors (Lipinski definition) is 1. The number of piperidine rings is 1. The summed E-state index contributed by atoms with van der Waals surface area (Å²) >= 11 is 0. The van der Waals surface area contributed by atoms with E-state index >= 15 is 0 Å². The molecule has 0 radical (unpaired) electrons. The molecule has 0 aromatic heterocycles. The van der Waals surface area contributed by atoms with Crippen LogP contribution < -0.4 is 10.5 Å². The summed E-state index contributed by atoms with van der Waals surface area (Å²) in [6.07, 6.45) is 2.22. The molecule has 2 heterocycles. The predicted molar refractivity (Wildman–Crippen MR) is 101 cm³/mol. The second kappa shape index (κ2) is 8.27. The van der Waals surface area contributed by atoms with E-state index in [1.54, 1.807) is 14.2 Å². The van der Waals surface area contributed by atoms with Gasteiger partial charge in [-0.2, -0.15) is 0 Å². The topological polar surface area (TPSA) is 85.1 Å². The molecule has 7 heteroatoms. The Morgan fingerprint density at radius 1 is 1.30 bits per heavy atom. The molecular weight excluding hydrogens is 346 g/mol. The predicted octanol–water partition coefficient (Wildman–Crippen LogP) is 1.01. The van der Waals surface area contributed by atoms with Crippen LogP contribution in [0.25, 0.3) is 0 Å². The van der Waals surface area contributed by atoms with Crippen molar-refractivity contribution in [1.29, 1.82) is 0 Å². The van der Waals surface area contributed by atoms with Crippen LogP contribution in [0.2, 0.25) is 0 Å². The SMILES string of the molecule is COC[C@@H](N)C(=O)N1CCC2(CC1)CC(=O)N(Cc1cccc(OC)c1)C2. The smallest absolute Gasteiger partial charge is 0.241 e. The molecular formula is C20H29N3O4. The maximum Gasteiger partial charge on any atom is 0.241 e. The summed E-state index contributed by atoms with van der Waals surface area (Å²) in [5.74, 6) is 0.922. The zero-order chi connectivity index (χ0) is 19.4. The summed E-state index contributed by atoms with van der Waals surface area (Å²) in [7, 11) is 3.18. The number of ether oxygens (including phenoxy) is 2. The van der Waals surface area contributed by atoms with E-state index in [1.807, 2.05) is 34.1 Å². The third-order valence-electron chi connectivity index (χ3n) is 5.71. The van der Waals surface area contributed by atoms with Crippen LogP contribution >= 0.6 is 0 Å². The van der Waals surface area contributed by atoms with Crippen LogP contribution in [0, 0.1) is 5.41 Å². The van der Waals surface area contributed by atoms with Gasteiger partial charge >= 0.3 is 0 Å². The largest absolute Gasteiger partial charge is 0.497 e. The first-order chi connectivity index (χ1) is 13.0. The lowest BCUT2D eigenvalue weighted by molar-refractivity contribution is -0.136. The first kappa shape index (κ1) is 19.6. The van der Waals surface area contributed by atoms with Gasteiger partial charge in [0.25, 0.3) is 0 Å². The molecule has 148 valence electrons. The Labute approximate surface area is 160 Å². The Kier molecular flexibility index (Phi) is 6.01. The minimum absolute atomic E-state index is 0.0297. The third-order valence-corrected chi connectivity index (χ3v) is 5.71. The Morgan fingerprint density at radius 2 is 2.04 bits per heavy atom. The van der Waals surface area contributed by atoms with Gasteiger partial charge < -0.3 is 25.0 Å². The quantitative estimate of drug-likeness (QED) is 0.802. The van der Waals surface area contributed by atoms with E-state index in [1.165, 1.54) is 0 Å². The number of rotatable bonds is 6. The number of nitrogens with two attached hydrogens (primary N) is 1. The van der Waals surface area contributed by atoms with Gasteiger partial charge in [0.05, 0.1) is 13.7 Å². The van der Waals surface area contributed by atoms with E-state index in [2.05, 4.69) is 0 Å². The normalized spacial score (nSPS) is 20.2. The zero-order valence-electron chi connectivity index (χ0n) is 16.1. The monoisotopic (exact) mass is 375 g/mol. The molecule has 7 nitrogen and oxygen atoms in total. The molecule has 2 aliphatic heterocycles. The van der Waals surface area contributed by atoms with Crippen LogP contribution in [-0.4, -0.2) is 68.1 Å². The zero-order valence-corrected chi connectivity index (χ0v) is 16.1. The van der Waals surface area contributed by atoms with Crippen molar-refractivity contribution >= 4 is 11.8 Å². The Bertz CT molecular complexity index is 686. The van der Waals surface area contributed by atoms with Crippen molar-refractivity contribution in [1.82, 2.24) is 9.80 Å². The Hall–Kier alpha value is -2.12. The highest BCUT2D eigenvalue weighted by Gasteiger charge is 2.45. The number of benzene rings is 1. The van der Waals surface area contributed by atoms with Crippen molar-refractivity contribution in [3.05, 3.63) is 29.8 Å². The van der Waals surface area contributed by atoms with E-state index in [4.69, 9.17) is 15.2 Å². The average Bonchev–Trinajstić information content (AvgIpc) is 2.97. The van der Waals surface area contributed by atoms with E-state index in [9.17, 15) is 9.59 Å². The Morgan fingerprint density at radius 3 is 2.70 bits per heavy atom. The summed E-state index contributed by atoms with van der Waals surface area (Å²) in [6, 6.07) is 7.21. The summed E-state index contributed by atoms with van der Waals surface area (Å²) < 4.78 is 10.2. The van der Waals surface area contributed by atoms with Gasteiger partial charge in [-0.05, 0) is 30.5 Å². The van der Waals surface area contributed by atoms with Crippen LogP contribution in [0.4, 0.5) is 0 Å². The molecule has 0 bridgehead atoms. The molecule has 0 saturated carbocycles. The minimum Gasteiger partial charge on any atom is -0.497 e. The van der Waals surface area contributed by atoms with Gasteiger partial charge in [0.1, 0.15) is 11.8 Å². The summed E-state index contributed by atoms with van der Waals surface area (Å²) in [5.41, 5.74) is 6.91. The van der Waals surface area contributed by atoms with Gasteiger partial charge in [-0.3, -0.25) is 9.59 Å².